The Labute approximate surface area is 170 Å². The molecule has 6 nitrogen and oxygen atoms in total. The van der Waals surface area contributed by atoms with E-state index in [2.05, 4.69) is 10.3 Å². The molecule has 3 rings (SSSR count). The number of nitrogens with one attached hydrogen (secondary N) is 1. The summed E-state index contributed by atoms with van der Waals surface area (Å²) in [5.41, 5.74) is 1.79. The van der Waals surface area contributed by atoms with Gasteiger partial charge in [-0.3, -0.25) is 4.79 Å². The van der Waals surface area contributed by atoms with E-state index in [0.717, 1.165) is 11.3 Å². The van der Waals surface area contributed by atoms with Gasteiger partial charge in [0.1, 0.15) is 21.8 Å². The van der Waals surface area contributed by atoms with Crippen LogP contribution in [0.1, 0.15) is 27.9 Å². The molecular weight excluding hydrogens is 393 g/mol. The van der Waals surface area contributed by atoms with E-state index in [0.29, 0.717) is 27.5 Å². The fourth-order valence-corrected chi connectivity index (χ4v) is 3.45. The van der Waals surface area contributed by atoms with Crippen LogP contribution in [0.15, 0.2) is 48.5 Å². The van der Waals surface area contributed by atoms with Gasteiger partial charge in [0.05, 0.1) is 16.9 Å². The molecule has 0 fully saturated rings. The van der Waals surface area contributed by atoms with E-state index in [9.17, 15) is 14.0 Å². The van der Waals surface area contributed by atoms with Crippen molar-refractivity contribution >= 4 is 28.9 Å². The van der Waals surface area contributed by atoms with Gasteiger partial charge in [0, 0.05) is 5.56 Å². The lowest BCUT2D eigenvalue weighted by Crippen LogP contribution is -2.30. The summed E-state index contributed by atoms with van der Waals surface area (Å²) in [6, 6.07) is 14.3. The van der Waals surface area contributed by atoms with Gasteiger partial charge in [-0.15, -0.1) is 11.3 Å². The summed E-state index contributed by atoms with van der Waals surface area (Å²) in [5, 5.41) is 12.2. The Morgan fingerprint density at radius 1 is 1.21 bits per heavy atom. The fraction of sp³-hybridized carbons (Fsp3) is 0.143. The van der Waals surface area contributed by atoms with Gasteiger partial charge in [-0.1, -0.05) is 12.1 Å². The summed E-state index contributed by atoms with van der Waals surface area (Å²) in [6.45, 7) is 3.10. The lowest BCUT2D eigenvalue weighted by molar-refractivity contribution is -0.123. The third-order valence-corrected chi connectivity index (χ3v) is 5.22. The van der Waals surface area contributed by atoms with Gasteiger partial charge in [0.2, 0.25) is 0 Å². The largest absolute Gasteiger partial charge is 0.448 e. The second-order valence-electron chi connectivity index (χ2n) is 6.13. The van der Waals surface area contributed by atoms with Gasteiger partial charge in [-0.2, -0.15) is 5.26 Å². The molecule has 0 aliphatic carbocycles. The molecule has 1 amide bonds. The number of nitrogens with zero attached hydrogens (tertiary/aromatic N) is 2. The molecule has 0 spiro atoms. The smallest absolute Gasteiger partial charge is 0.351 e. The number of aryl methyl sites for hydroxylation is 1. The van der Waals surface area contributed by atoms with Crippen molar-refractivity contribution in [1.29, 1.82) is 5.26 Å². The third kappa shape index (κ3) is 4.65. The predicted molar refractivity (Wildman–Crippen MR) is 107 cm³/mol. The predicted octanol–water partition coefficient (Wildman–Crippen LogP) is 4.31. The average Bonchev–Trinajstić information content (AvgIpc) is 3.10. The molecule has 0 aliphatic heterocycles. The number of ether oxygens (including phenoxy) is 1. The van der Waals surface area contributed by atoms with Crippen molar-refractivity contribution in [3.8, 4) is 16.6 Å². The van der Waals surface area contributed by atoms with Crippen molar-refractivity contribution in [1.82, 2.24) is 4.98 Å². The maximum absolute atomic E-state index is 13.1. The molecule has 1 atom stereocenters. The van der Waals surface area contributed by atoms with Crippen LogP contribution in [0.3, 0.4) is 0 Å². The topological polar surface area (TPSA) is 92.1 Å². The molecule has 0 bridgehead atoms. The van der Waals surface area contributed by atoms with Crippen molar-refractivity contribution in [2.45, 2.75) is 20.0 Å². The molecule has 1 heterocycles. The van der Waals surface area contributed by atoms with Crippen LogP contribution in [-0.4, -0.2) is 23.0 Å². The molecule has 1 N–H and O–H groups in total. The second-order valence-corrected chi connectivity index (χ2v) is 7.13. The highest BCUT2D eigenvalue weighted by molar-refractivity contribution is 7.17. The number of aromatic nitrogens is 1. The Morgan fingerprint density at radius 3 is 2.59 bits per heavy atom. The maximum Gasteiger partial charge on any atom is 0.351 e. The number of nitriles is 1. The van der Waals surface area contributed by atoms with Crippen LogP contribution in [-0.2, 0) is 9.53 Å². The summed E-state index contributed by atoms with van der Waals surface area (Å²) in [4.78, 5) is 29.5. The van der Waals surface area contributed by atoms with E-state index in [1.165, 1.54) is 19.1 Å². The molecule has 146 valence electrons. The van der Waals surface area contributed by atoms with E-state index < -0.39 is 18.0 Å². The Balaban J connectivity index is 1.70. The van der Waals surface area contributed by atoms with Crippen LogP contribution in [0.2, 0.25) is 0 Å². The zero-order chi connectivity index (χ0) is 21.0. The molecule has 0 aliphatic rings. The summed E-state index contributed by atoms with van der Waals surface area (Å²) in [7, 11) is 0. The second kappa shape index (κ2) is 8.63. The molecule has 1 aromatic heterocycles. The monoisotopic (exact) mass is 409 g/mol. The van der Waals surface area contributed by atoms with Crippen LogP contribution in [0, 0.1) is 24.1 Å². The normalized spacial score (nSPS) is 11.4. The van der Waals surface area contributed by atoms with Gasteiger partial charge in [-0.25, -0.2) is 14.2 Å². The van der Waals surface area contributed by atoms with Crippen molar-refractivity contribution in [2.75, 3.05) is 5.32 Å². The molecule has 3 aromatic rings. The molecule has 0 unspecified atom stereocenters. The number of carbonyl (C=O) groups is 2. The minimum absolute atomic E-state index is 0.265. The fourth-order valence-electron chi connectivity index (χ4n) is 2.49. The number of rotatable bonds is 5. The van der Waals surface area contributed by atoms with E-state index in [4.69, 9.17) is 10.00 Å². The highest BCUT2D eigenvalue weighted by atomic mass is 32.1. The first-order valence-corrected chi connectivity index (χ1v) is 9.45. The van der Waals surface area contributed by atoms with E-state index in [-0.39, 0.29) is 10.7 Å². The van der Waals surface area contributed by atoms with Crippen molar-refractivity contribution < 1.29 is 18.7 Å². The number of para-hydroxylation sites is 1. The quantitative estimate of drug-likeness (QED) is 0.634. The summed E-state index contributed by atoms with van der Waals surface area (Å²) in [5.74, 6) is -1.59. The molecule has 0 saturated carbocycles. The first-order chi connectivity index (χ1) is 13.9. The van der Waals surface area contributed by atoms with Gasteiger partial charge in [-0.05, 0) is 50.2 Å². The van der Waals surface area contributed by atoms with E-state index in [1.807, 2.05) is 6.07 Å². The number of hydrogen-bond donors (Lipinski definition) is 1. The molecular formula is C21H16FN3O3S. The zero-order valence-electron chi connectivity index (χ0n) is 15.6. The van der Waals surface area contributed by atoms with Crippen LogP contribution in [0.4, 0.5) is 10.1 Å². The third-order valence-electron chi connectivity index (χ3n) is 4.03. The van der Waals surface area contributed by atoms with Gasteiger partial charge in [0.15, 0.2) is 6.10 Å². The number of thiazole rings is 1. The highest BCUT2D eigenvalue weighted by Gasteiger charge is 2.23. The van der Waals surface area contributed by atoms with Crippen LogP contribution >= 0.6 is 11.3 Å². The molecule has 29 heavy (non-hydrogen) atoms. The van der Waals surface area contributed by atoms with E-state index in [1.54, 1.807) is 43.3 Å². The summed E-state index contributed by atoms with van der Waals surface area (Å²) in [6.07, 6.45) is -1.08. The van der Waals surface area contributed by atoms with Crippen LogP contribution < -0.4 is 5.32 Å². The van der Waals surface area contributed by atoms with Crippen molar-refractivity contribution in [3.05, 3.63) is 70.5 Å². The number of benzene rings is 2. The standard InChI is InChI=1S/C21H16FN3O3S/c1-12-18(29-20(24-12)14-7-9-16(22)10-8-14)21(27)28-13(2)19(26)25-17-6-4-3-5-15(17)11-23/h3-10,13H,1-2H3,(H,25,26)/t13-/m0/s1. The number of anilines is 1. The van der Waals surface area contributed by atoms with Gasteiger partial charge < -0.3 is 10.1 Å². The average molecular weight is 409 g/mol. The Kier molecular flexibility index (Phi) is 6.00. The maximum atomic E-state index is 13.1. The highest BCUT2D eigenvalue weighted by Crippen LogP contribution is 2.29. The number of halogens is 1. The summed E-state index contributed by atoms with van der Waals surface area (Å²) < 4.78 is 18.4. The van der Waals surface area contributed by atoms with Gasteiger partial charge in [0.25, 0.3) is 5.91 Å². The van der Waals surface area contributed by atoms with Gasteiger partial charge >= 0.3 is 5.97 Å². The van der Waals surface area contributed by atoms with Crippen molar-refractivity contribution in [3.63, 3.8) is 0 Å². The Hall–Kier alpha value is -3.57. The Bertz CT molecular complexity index is 1100. The number of carbonyl (C=O) groups excluding carboxylic acids is 2. The summed E-state index contributed by atoms with van der Waals surface area (Å²) >= 11 is 1.11. The van der Waals surface area contributed by atoms with Crippen LogP contribution in [0.25, 0.3) is 10.6 Å². The molecule has 0 radical (unpaired) electrons. The lowest BCUT2D eigenvalue weighted by atomic mass is 10.2. The molecule has 2 aromatic carbocycles. The van der Waals surface area contributed by atoms with Crippen molar-refractivity contribution in [2.24, 2.45) is 0 Å². The molecule has 0 saturated heterocycles. The molecule has 8 heteroatoms. The van der Waals surface area contributed by atoms with E-state index >= 15 is 0 Å². The SMILES string of the molecule is Cc1nc(-c2ccc(F)cc2)sc1C(=O)O[C@@H](C)C(=O)Nc1ccccc1C#N. The zero-order valence-corrected chi connectivity index (χ0v) is 16.4. The number of hydrogen-bond acceptors (Lipinski definition) is 6. The number of amides is 1. The first-order valence-electron chi connectivity index (χ1n) is 8.63. The minimum Gasteiger partial charge on any atom is -0.448 e. The lowest BCUT2D eigenvalue weighted by Gasteiger charge is -2.13. The first kappa shape index (κ1) is 20.2. The Morgan fingerprint density at radius 2 is 1.90 bits per heavy atom. The minimum atomic E-state index is -1.08. The number of esters is 1. The van der Waals surface area contributed by atoms with Crippen LogP contribution in [0.5, 0.6) is 0 Å².